The summed E-state index contributed by atoms with van der Waals surface area (Å²) in [4.78, 5) is 23.5. The van der Waals surface area contributed by atoms with E-state index in [1.165, 1.54) is 6.42 Å². The summed E-state index contributed by atoms with van der Waals surface area (Å²) < 4.78 is 10.3. The first-order valence-corrected chi connectivity index (χ1v) is 9.05. The Hall–Kier alpha value is -2.31. The van der Waals surface area contributed by atoms with Crippen molar-refractivity contribution in [3.63, 3.8) is 0 Å². The molecule has 0 amide bonds. The quantitative estimate of drug-likeness (QED) is 0.711. The van der Waals surface area contributed by atoms with Crippen LogP contribution in [-0.4, -0.2) is 54.3 Å². The van der Waals surface area contributed by atoms with E-state index in [2.05, 4.69) is 14.9 Å². The van der Waals surface area contributed by atoms with Crippen LogP contribution in [0.4, 0.5) is 0 Å². The third-order valence-corrected chi connectivity index (χ3v) is 4.63. The number of rotatable bonds is 7. The molecule has 0 spiro atoms. The number of benzene rings is 1. The first-order chi connectivity index (χ1) is 12.7. The summed E-state index contributed by atoms with van der Waals surface area (Å²) in [6, 6.07) is 7.60. The van der Waals surface area contributed by atoms with Crippen molar-refractivity contribution in [1.29, 1.82) is 0 Å². The van der Waals surface area contributed by atoms with Crippen LogP contribution < -0.4 is 0 Å². The third kappa shape index (κ3) is 4.26. The maximum Gasteiger partial charge on any atom is 0.338 e. The largest absolute Gasteiger partial charge is 0.462 e. The Morgan fingerprint density at radius 2 is 2.19 bits per heavy atom. The molecule has 0 N–H and O–H groups in total. The predicted molar refractivity (Wildman–Crippen MR) is 98.8 cm³/mol. The van der Waals surface area contributed by atoms with Gasteiger partial charge in [-0.05, 0) is 38.4 Å². The van der Waals surface area contributed by atoms with Gasteiger partial charge in [-0.25, -0.2) is 4.79 Å². The number of carbonyl (C=O) groups excluding carboxylic acids is 1. The summed E-state index contributed by atoms with van der Waals surface area (Å²) in [5.74, 6) is -0.321. The second-order valence-electron chi connectivity index (χ2n) is 6.31. The van der Waals surface area contributed by atoms with E-state index in [-0.39, 0.29) is 5.97 Å². The molecule has 26 heavy (non-hydrogen) atoms. The summed E-state index contributed by atoms with van der Waals surface area (Å²) in [6.45, 7) is 4.86. The molecule has 0 aliphatic carbocycles. The van der Waals surface area contributed by atoms with Gasteiger partial charge in [0.15, 0.2) is 0 Å². The van der Waals surface area contributed by atoms with Crippen LogP contribution in [0.2, 0.25) is 0 Å². The molecular weight excluding hydrogens is 330 g/mol. The number of esters is 1. The second kappa shape index (κ2) is 8.87. The van der Waals surface area contributed by atoms with Gasteiger partial charge in [0.1, 0.15) is 0 Å². The maximum absolute atomic E-state index is 11.9. The number of likely N-dealkylation sites (tertiary alicyclic amines) is 1. The van der Waals surface area contributed by atoms with Crippen LogP contribution in [0.5, 0.6) is 0 Å². The smallest absolute Gasteiger partial charge is 0.338 e. The van der Waals surface area contributed by atoms with Crippen molar-refractivity contribution in [1.82, 2.24) is 14.9 Å². The van der Waals surface area contributed by atoms with Crippen molar-refractivity contribution in [2.24, 2.45) is 0 Å². The highest BCUT2D eigenvalue weighted by atomic mass is 16.5. The van der Waals surface area contributed by atoms with Crippen molar-refractivity contribution in [3.05, 3.63) is 47.9 Å². The monoisotopic (exact) mass is 355 g/mol. The lowest BCUT2D eigenvalue weighted by Crippen LogP contribution is -2.27. The number of hydrogen-bond acceptors (Lipinski definition) is 6. The van der Waals surface area contributed by atoms with Crippen molar-refractivity contribution >= 4 is 5.97 Å². The first kappa shape index (κ1) is 18.5. The SMILES string of the molecule is CCOC(=O)c1cccc(-c2cnc(C3CCCN3CCOC)cn2)c1. The molecule has 1 saturated heterocycles. The molecule has 6 heteroatoms. The summed E-state index contributed by atoms with van der Waals surface area (Å²) in [6.07, 6.45) is 5.89. The number of aromatic nitrogens is 2. The molecule has 0 bridgehead atoms. The molecule has 2 heterocycles. The Bertz CT molecular complexity index is 733. The molecule has 6 nitrogen and oxygen atoms in total. The average Bonchev–Trinajstić information content (AvgIpc) is 3.15. The standard InChI is InChI=1S/C20H25N3O3/c1-3-26-20(24)16-7-4-6-15(12-16)17-13-22-18(14-21-17)19-8-5-9-23(19)10-11-25-2/h4,6-7,12-14,19H,3,5,8-11H2,1-2H3. The van der Waals surface area contributed by atoms with Crippen LogP contribution in [-0.2, 0) is 9.47 Å². The molecule has 0 radical (unpaired) electrons. The fraction of sp³-hybridized carbons (Fsp3) is 0.450. The number of hydrogen-bond donors (Lipinski definition) is 0. The molecule has 2 aromatic rings. The van der Waals surface area contributed by atoms with E-state index in [0.717, 1.165) is 43.1 Å². The van der Waals surface area contributed by atoms with Crippen molar-refractivity contribution in [2.75, 3.05) is 33.4 Å². The van der Waals surface area contributed by atoms with E-state index >= 15 is 0 Å². The molecule has 1 aliphatic rings. The predicted octanol–water partition coefficient (Wildman–Crippen LogP) is 3.10. The van der Waals surface area contributed by atoms with Gasteiger partial charge in [0, 0.05) is 19.2 Å². The Morgan fingerprint density at radius 1 is 1.31 bits per heavy atom. The Labute approximate surface area is 154 Å². The van der Waals surface area contributed by atoms with Gasteiger partial charge in [-0.15, -0.1) is 0 Å². The molecule has 3 rings (SSSR count). The molecular formula is C20H25N3O3. The Kier molecular flexibility index (Phi) is 6.30. The van der Waals surface area contributed by atoms with Crippen molar-refractivity contribution < 1.29 is 14.3 Å². The summed E-state index contributed by atoms with van der Waals surface area (Å²) >= 11 is 0. The van der Waals surface area contributed by atoms with Crippen LogP contribution in [0.3, 0.4) is 0 Å². The molecule has 1 aromatic heterocycles. The topological polar surface area (TPSA) is 64.5 Å². The van der Waals surface area contributed by atoms with Gasteiger partial charge in [-0.1, -0.05) is 12.1 Å². The zero-order valence-corrected chi connectivity index (χ0v) is 15.4. The highest BCUT2D eigenvalue weighted by Crippen LogP contribution is 2.30. The van der Waals surface area contributed by atoms with E-state index < -0.39 is 0 Å². The summed E-state index contributed by atoms with van der Waals surface area (Å²) in [5, 5.41) is 0. The van der Waals surface area contributed by atoms with Gasteiger partial charge in [-0.2, -0.15) is 0 Å². The number of carbonyl (C=O) groups is 1. The highest BCUT2D eigenvalue weighted by Gasteiger charge is 2.26. The van der Waals surface area contributed by atoms with Gasteiger partial charge >= 0.3 is 5.97 Å². The zero-order chi connectivity index (χ0) is 18.4. The fourth-order valence-electron chi connectivity index (χ4n) is 3.32. The van der Waals surface area contributed by atoms with Gasteiger partial charge in [-0.3, -0.25) is 14.9 Å². The maximum atomic E-state index is 11.9. The van der Waals surface area contributed by atoms with Gasteiger partial charge in [0.2, 0.25) is 0 Å². The lowest BCUT2D eigenvalue weighted by Gasteiger charge is -2.23. The first-order valence-electron chi connectivity index (χ1n) is 9.05. The minimum Gasteiger partial charge on any atom is -0.462 e. The van der Waals surface area contributed by atoms with Crippen molar-refractivity contribution in [2.45, 2.75) is 25.8 Å². The normalized spacial score (nSPS) is 17.4. The second-order valence-corrected chi connectivity index (χ2v) is 6.31. The van der Waals surface area contributed by atoms with Crippen LogP contribution >= 0.6 is 0 Å². The van der Waals surface area contributed by atoms with Gasteiger partial charge in [0.25, 0.3) is 0 Å². The Balaban J connectivity index is 1.75. The zero-order valence-electron chi connectivity index (χ0n) is 15.4. The van der Waals surface area contributed by atoms with Gasteiger partial charge in [0.05, 0.1) is 48.6 Å². The minimum atomic E-state index is -0.321. The highest BCUT2D eigenvalue weighted by molar-refractivity contribution is 5.90. The molecule has 138 valence electrons. The van der Waals surface area contributed by atoms with Crippen LogP contribution in [0.15, 0.2) is 36.7 Å². The molecule has 1 fully saturated rings. The van der Waals surface area contributed by atoms with Crippen LogP contribution in [0.25, 0.3) is 11.3 Å². The molecule has 0 saturated carbocycles. The van der Waals surface area contributed by atoms with Gasteiger partial charge < -0.3 is 9.47 Å². The summed E-state index contributed by atoms with van der Waals surface area (Å²) in [7, 11) is 1.73. The number of nitrogens with zero attached hydrogens (tertiary/aromatic N) is 3. The third-order valence-electron chi connectivity index (χ3n) is 4.63. The lowest BCUT2D eigenvalue weighted by atomic mass is 10.1. The molecule has 1 aromatic carbocycles. The fourth-order valence-corrected chi connectivity index (χ4v) is 3.32. The van der Waals surface area contributed by atoms with E-state index in [4.69, 9.17) is 9.47 Å². The van der Waals surface area contributed by atoms with Crippen molar-refractivity contribution in [3.8, 4) is 11.3 Å². The summed E-state index contributed by atoms with van der Waals surface area (Å²) in [5.41, 5.74) is 3.12. The molecule has 1 unspecified atom stereocenters. The average molecular weight is 355 g/mol. The number of methoxy groups -OCH3 is 1. The Morgan fingerprint density at radius 3 is 2.92 bits per heavy atom. The van der Waals surface area contributed by atoms with E-state index in [1.807, 2.05) is 18.3 Å². The van der Waals surface area contributed by atoms with E-state index in [1.54, 1.807) is 32.4 Å². The molecule has 1 atom stereocenters. The van der Waals surface area contributed by atoms with Crippen LogP contribution in [0.1, 0.15) is 41.9 Å². The van der Waals surface area contributed by atoms with Crippen LogP contribution in [0, 0.1) is 0 Å². The molecule has 1 aliphatic heterocycles. The van der Waals surface area contributed by atoms with E-state index in [0.29, 0.717) is 18.2 Å². The minimum absolute atomic E-state index is 0.303. The lowest BCUT2D eigenvalue weighted by molar-refractivity contribution is 0.0526. The van der Waals surface area contributed by atoms with E-state index in [9.17, 15) is 4.79 Å². The number of ether oxygens (including phenoxy) is 2.